The summed E-state index contributed by atoms with van der Waals surface area (Å²) in [5.74, 6) is 0. The van der Waals surface area contributed by atoms with Gasteiger partial charge in [0, 0.05) is 53.6 Å². The minimum Gasteiger partial charge on any atom is -0.398 e. The number of aryl methyl sites for hydroxylation is 2. The number of nitrogens with one attached hydrogen (secondary N) is 2. The van der Waals surface area contributed by atoms with Crippen molar-refractivity contribution in [3.63, 3.8) is 0 Å². The fourth-order valence-electron chi connectivity index (χ4n) is 6.47. The molecule has 0 amide bonds. The average molecular weight is 1070 g/mol. The summed E-state index contributed by atoms with van der Waals surface area (Å²) in [5.41, 5.74) is 2.92. The zero-order chi connectivity index (χ0) is 49.0. The van der Waals surface area contributed by atoms with Gasteiger partial charge in [-0.15, -0.1) is 0 Å². The lowest BCUT2D eigenvalue weighted by atomic mass is 10.0. The summed E-state index contributed by atoms with van der Waals surface area (Å²) in [7, 11) is -31.2. The summed E-state index contributed by atoms with van der Waals surface area (Å²) in [5, 5.41) is 5.40. The molecule has 0 aliphatic rings. The van der Waals surface area contributed by atoms with Gasteiger partial charge in [-0.05, 0) is 58.8 Å². The Kier molecular flexibility index (Phi) is 23.1. The molecule has 0 spiro atoms. The molecule has 0 saturated heterocycles. The van der Waals surface area contributed by atoms with Crippen LogP contribution in [-0.2, 0) is 83.8 Å². The van der Waals surface area contributed by atoms with Crippen molar-refractivity contribution >= 4 is 62.9 Å². The standard InChI is InChI=1S/C30H60N4O22P6Si2/c1-53-63(4,11-9-27-13-25(15-31-19-57(35,36)37)5-7-29(27)16-32-20-58(38,39)40)56-64(54-2,55-3)12-10-28-14-26(17-33(21-59(41,42)43)22-60(44,45)46)6-8-30(28)18-34(23-61(47,48)49)24-62(50,51)52/h5-8,13-14,31-32H,9-12,15-24H2,1-4H3,(H2,35,36,37)(H2,38,39,40)(H2,41,42,43)(H2,44,45,46)(H2,47,48,49)(H2,50,51,52). The summed E-state index contributed by atoms with van der Waals surface area (Å²) in [4.78, 5) is 116. The van der Waals surface area contributed by atoms with E-state index in [1.165, 1.54) is 39.5 Å². The summed E-state index contributed by atoms with van der Waals surface area (Å²) >= 11 is 0. The van der Waals surface area contributed by atoms with E-state index in [1.807, 2.05) is 0 Å². The second-order valence-electron chi connectivity index (χ2n) is 15.1. The van der Waals surface area contributed by atoms with Gasteiger partial charge in [0.05, 0.1) is 12.6 Å². The largest absolute Gasteiger partial charge is 0.491 e. The Bertz CT molecular complexity index is 2080. The van der Waals surface area contributed by atoms with E-state index in [4.69, 9.17) is 17.4 Å². The molecule has 0 heterocycles. The topological polar surface area (TPSA) is 413 Å². The van der Waals surface area contributed by atoms with Crippen molar-refractivity contribution in [2.75, 3.05) is 59.0 Å². The number of hydrogen-bond acceptors (Lipinski definition) is 14. The number of hydrogen-bond donors (Lipinski definition) is 14. The third-order valence-corrected chi connectivity index (χ3v) is 20.6. The second kappa shape index (κ2) is 24.8. The van der Waals surface area contributed by atoms with Crippen LogP contribution in [0.3, 0.4) is 0 Å². The third-order valence-electron chi connectivity index (χ3n) is 9.13. The Labute approximate surface area is 372 Å². The fourth-order valence-corrected chi connectivity index (χ4v) is 17.0. The highest BCUT2D eigenvalue weighted by Crippen LogP contribution is 2.43. The van der Waals surface area contributed by atoms with Crippen LogP contribution < -0.4 is 10.6 Å². The van der Waals surface area contributed by atoms with E-state index in [9.17, 15) is 86.1 Å². The van der Waals surface area contributed by atoms with Crippen molar-refractivity contribution in [3.05, 3.63) is 69.8 Å². The average Bonchev–Trinajstić information content (AvgIpc) is 3.10. The molecular formula is C30H60N4O22P6Si2. The maximum atomic E-state index is 12.0. The Morgan fingerprint density at radius 3 is 1.36 bits per heavy atom. The van der Waals surface area contributed by atoms with E-state index < -0.39 is 114 Å². The quantitative estimate of drug-likeness (QED) is 0.0370. The Hall–Kier alpha value is -0.546. The summed E-state index contributed by atoms with van der Waals surface area (Å²) in [6.07, 6.45) is -5.04. The van der Waals surface area contributed by atoms with E-state index >= 15 is 0 Å². The molecule has 0 saturated carbocycles. The first-order valence-corrected chi connectivity index (χ1v) is 34.0. The van der Waals surface area contributed by atoms with Crippen molar-refractivity contribution in [3.8, 4) is 0 Å². The molecule has 14 N–H and O–H groups in total. The molecule has 1 atom stereocenters. The van der Waals surface area contributed by atoms with Crippen LogP contribution in [0.1, 0.15) is 33.4 Å². The van der Waals surface area contributed by atoms with Gasteiger partial charge in [0.1, 0.15) is 25.1 Å². The normalized spacial score (nSPS) is 14.7. The Morgan fingerprint density at radius 2 is 0.906 bits per heavy atom. The Morgan fingerprint density at radius 1 is 0.500 bits per heavy atom. The van der Waals surface area contributed by atoms with Crippen LogP contribution in [0.25, 0.3) is 0 Å². The summed E-state index contributed by atoms with van der Waals surface area (Å²) in [6, 6.07) is 9.73. The SMILES string of the molecule is CO[Si](C)(CCc1cc(CNCP(=O)(O)O)ccc1CNCP(=O)(O)O)O[Si](CCc1cc(CN(CP(=O)(O)O)CP(=O)(O)O)ccc1CN(CP(=O)(O)O)CP(=O)(O)O)(OC)OC. The number of rotatable bonds is 31. The zero-order valence-electron chi connectivity index (χ0n) is 35.4. The third kappa shape index (κ3) is 25.2. The molecule has 0 bridgehead atoms. The highest BCUT2D eigenvalue weighted by Gasteiger charge is 2.47. The molecule has 34 heteroatoms. The lowest BCUT2D eigenvalue weighted by Gasteiger charge is -2.36. The number of benzene rings is 2. The van der Waals surface area contributed by atoms with E-state index in [0.29, 0.717) is 27.8 Å². The van der Waals surface area contributed by atoms with Gasteiger partial charge >= 0.3 is 62.9 Å². The van der Waals surface area contributed by atoms with Crippen LogP contribution in [0, 0.1) is 0 Å². The van der Waals surface area contributed by atoms with Crippen LogP contribution in [0.2, 0.25) is 18.6 Å². The summed E-state index contributed by atoms with van der Waals surface area (Å²) in [6.45, 7) is 1.06. The summed E-state index contributed by atoms with van der Waals surface area (Å²) < 4.78 is 95.1. The molecule has 2 rings (SSSR count). The first-order chi connectivity index (χ1) is 29.0. The van der Waals surface area contributed by atoms with Crippen molar-refractivity contribution in [2.45, 2.75) is 57.7 Å². The molecule has 2 aromatic rings. The van der Waals surface area contributed by atoms with E-state index in [1.54, 1.807) is 24.7 Å². The molecular weight excluding hydrogens is 1010 g/mol. The number of nitrogens with zero attached hydrogens (tertiary/aromatic N) is 2. The second-order valence-corrected chi connectivity index (χ2v) is 31.5. The molecule has 1 unspecified atom stereocenters. The first kappa shape index (κ1) is 59.6. The van der Waals surface area contributed by atoms with E-state index in [2.05, 4.69) is 10.6 Å². The van der Waals surface area contributed by atoms with Gasteiger partial charge in [0.2, 0.25) is 0 Å². The van der Waals surface area contributed by atoms with Gasteiger partial charge < -0.3 is 86.7 Å². The smallest absolute Gasteiger partial charge is 0.398 e. The van der Waals surface area contributed by atoms with Gasteiger partial charge in [-0.3, -0.25) is 37.2 Å². The molecule has 64 heavy (non-hydrogen) atoms. The van der Waals surface area contributed by atoms with Gasteiger partial charge in [0.25, 0.3) is 0 Å². The van der Waals surface area contributed by atoms with Crippen molar-refractivity contribution < 1.29 is 104 Å². The minimum absolute atomic E-state index is 0.0129. The maximum Gasteiger partial charge on any atom is 0.491 e. The predicted molar refractivity (Wildman–Crippen MR) is 236 cm³/mol. The van der Waals surface area contributed by atoms with Gasteiger partial charge in [-0.25, -0.2) is 0 Å². The van der Waals surface area contributed by atoms with Crippen LogP contribution in [0.4, 0.5) is 0 Å². The van der Waals surface area contributed by atoms with E-state index in [-0.39, 0.29) is 43.6 Å². The Balaban J connectivity index is 2.55. The van der Waals surface area contributed by atoms with Crippen molar-refractivity contribution in [1.29, 1.82) is 0 Å². The molecule has 2 aromatic carbocycles. The first-order valence-electron chi connectivity index (χ1n) is 18.8. The monoisotopic (exact) mass is 1070 g/mol. The zero-order valence-corrected chi connectivity index (χ0v) is 42.8. The minimum atomic E-state index is -4.87. The van der Waals surface area contributed by atoms with Gasteiger partial charge in [-0.1, -0.05) is 36.4 Å². The molecule has 0 aromatic heterocycles. The lowest BCUT2D eigenvalue weighted by molar-refractivity contribution is 0.135. The molecule has 0 radical (unpaired) electrons. The van der Waals surface area contributed by atoms with Crippen LogP contribution >= 0.6 is 45.6 Å². The highest BCUT2D eigenvalue weighted by atomic mass is 31.2. The predicted octanol–water partition coefficient (Wildman–Crippen LogP) is 1.03. The maximum absolute atomic E-state index is 12.0. The highest BCUT2D eigenvalue weighted by molar-refractivity contribution is 7.53. The van der Waals surface area contributed by atoms with Gasteiger partial charge in [-0.2, -0.15) is 0 Å². The van der Waals surface area contributed by atoms with E-state index in [0.717, 1.165) is 9.80 Å². The molecule has 0 aliphatic heterocycles. The molecule has 370 valence electrons. The molecule has 0 aliphatic carbocycles. The lowest BCUT2D eigenvalue weighted by Crippen LogP contribution is -2.55. The van der Waals surface area contributed by atoms with Crippen LogP contribution in [0.15, 0.2) is 36.4 Å². The molecule has 26 nitrogen and oxygen atoms in total. The molecule has 0 fully saturated rings. The fraction of sp³-hybridized carbons (Fsp3) is 0.600. The van der Waals surface area contributed by atoms with Crippen LogP contribution in [-0.4, -0.2) is 145 Å². The van der Waals surface area contributed by atoms with Crippen LogP contribution in [0.5, 0.6) is 0 Å². The van der Waals surface area contributed by atoms with Crippen molar-refractivity contribution in [1.82, 2.24) is 20.4 Å². The van der Waals surface area contributed by atoms with Gasteiger partial charge in [0.15, 0.2) is 0 Å². The van der Waals surface area contributed by atoms with Crippen molar-refractivity contribution in [2.24, 2.45) is 0 Å².